The number of aliphatic hydroxyl groups excluding tert-OH is 1. The fourth-order valence-corrected chi connectivity index (χ4v) is 0.593. The highest BCUT2D eigenvalue weighted by Gasteiger charge is 2.24. The van der Waals surface area contributed by atoms with Crippen molar-refractivity contribution in [3.63, 3.8) is 0 Å². The van der Waals surface area contributed by atoms with E-state index in [0.717, 1.165) is 0 Å². The van der Waals surface area contributed by atoms with E-state index in [9.17, 15) is 22.0 Å². The van der Waals surface area contributed by atoms with Crippen LogP contribution in [0.3, 0.4) is 0 Å². The minimum absolute atomic E-state index is 0.167. The maximum atomic E-state index is 12.2. The Hall–Kier alpha value is -1.37. The third-order valence-corrected chi connectivity index (χ3v) is 1.19. The summed E-state index contributed by atoms with van der Waals surface area (Å²) in [6, 6.07) is 0. The van der Waals surface area contributed by atoms with Gasteiger partial charge in [-0.25, -0.2) is 13.2 Å². The van der Waals surface area contributed by atoms with Crippen molar-refractivity contribution in [2.75, 3.05) is 0 Å². The van der Waals surface area contributed by atoms with Crippen molar-refractivity contribution >= 4 is 0 Å². The number of aliphatic hydroxyl groups is 1. The van der Waals surface area contributed by atoms with E-state index in [4.69, 9.17) is 10.2 Å². The molecule has 2 N–H and O–H groups in total. The molecule has 1 aromatic rings. The summed E-state index contributed by atoms with van der Waals surface area (Å²) < 4.78 is 60.6. The Labute approximate surface area is 87.9 Å². The van der Waals surface area contributed by atoms with E-state index in [1.165, 1.54) is 0 Å². The van der Waals surface area contributed by atoms with Crippen LogP contribution in [0.2, 0.25) is 0 Å². The normalized spacial score (nSPS) is 10.1. The Bertz CT molecular complexity index is 271. The second-order valence-electron chi connectivity index (χ2n) is 3.01. The average molecular weight is 244 g/mol. The zero-order valence-corrected chi connectivity index (χ0v) is 8.36. The minimum atomic E-state index is -2.29. The number of hydrogen-bond acceptors (Lipinski definition) is 2. The predicted molar refractivity (Wildman–Crippen MR) is 45.3 cm³/mol. The van der Waals surface area contributed by atoms with Crippen molar-refractivity contribution in [3.05, 3.63) is 29.1 Å². The number of aromatic hydroxyl groups is 1. The van der Waals surface area contributed by atoms with E-state index >= 15 is 0 Å². The lowest BCUT2D eigenvalue weighted by Crippen LogP contribution is -2.00. The molecule has 0 spiro atoms. The summed E-state index contributed by atoms with van der Waals surface area (Å²) in [5.41, 5.74) is 0. The zero-order chi connectivity index (χ0) is 13.0. The topological polar surface area (TPSA) is 40.5 Å². The molecule has 92 valence electrons. The summed E-state index contributed by atoms with van der Waals surface area (Å²) in [5.74, 6) is -12.9. The third-order valence-electron chi connectivity index (χ3n) is 1.19. The number of rotatable bonds is 0. The van der Waals surface area contributed by atoms with Gasteiger partial charge < -0.3 is 10.2 Å². The average Bonchev–Trinajstić information content (AvgIpc) is 2.20. The summed E-state index contributed by atoms with van der Waals surface area (Å²) in [4.78, 5) is 0. The molecule has 0 aromatic heterocycles. The molecule has 1 rings (SSSR count). The number of hydrogen-bond donors (Lipinski definition) is 2. The van der Waals surface area contributed by atoms with Crippen LogP contribution in [-0.2, 0) is 0 Å². The van der Waals surface area contributed by atoms with Crippen molar-refractivity contribution < 1.29 is 32.2 Å². The molecule has 0 saturated carbocycles. The summed E-state index contributed by atoms with van der Waals surface area (Å²) in [7, 11) is 0. The summed E-state index contributed by atoms with van der Waals surface area (Å²) >= 11 is 0. The Kier molecular flexibility index (Phi) is 5.16. The van der Waals surface area contributed by atoms with Crippen molar-refractivity contribution in [2.24, 2.45) is 0 Å². The summed E-state index contributed by atoms with van der Waals surface area (Å²) in [6.07, 6.45) is -0.167. The molecule has 0 aliphatic heterocycles. The lowest BCUT2D eigenvalue weighted by Gasteiger charge is -2.00. The Morgan fingerprint density at radius 2 is 0.938 bits per heavy atom. The van der Waals surface area contributed by atoms with Crippen LogP contribution in [0.4, 0.5) is 22.0 Å². The number of phenolic OH excluding ortho intramolecular Hbond substituents is 1. The highest BCUT2D eigenvalue weighted by molar-refractivity contribution is 5.27. The highest BCUT2D eigenvalue weighted by Crippen LogP contribution is 2.27. The van der Waals surface area contributed by atoms with E-state index in [1.807, 2.05) is 0 Å². The van der Waals surface area contributed by atoms with Crippen LogP contribution in [0.1, 0.15) is 13.8 Å². The first-order chi connectivity index (χ1) is 7.20. The first-order valence-corrected chi connectivity index (χ1v) is 4.08. The van der Waals surface area contributed by atoms with Gasteiger partial charge in [0.25, 0.3) is 0 Å². The highest BCUT2D eigenvalue weighted by atomic mass is 19.2. The first kappa shape index (κ1) is 14.6. The van der Waals surface area contributed by atoms with Gasteiger partial charge in [-0.3, -0.25) is 0 Å². The standard InChI is InChI=1S/C6HF5O.C3H8O/c7-1-2(8)4(10)6(12)5(11)3(1)9;1-3(2)4/h12H;3-4H,1-2H3. The Morgan fingerprint density at radius 3 is 1.19 bits per heavy atom. The van der Waals surface area contributed by atoms with Crippen LogP contribution in [0.5, 0.6) is 5.75 Å². The van der Waals surface area contributed by atoms with Gasteiger partial charge in [0.15, 0.2) is 5.75 Å². The summed E-state index contributed by atoms with van der Waals surface area (Å²) in [5, 5.41) is 16.4. The zero-order valence-electron chi connectivity index (χ0n) is 8.36. The van der Waals surface area contributed by atoms with Gasteiger partial charge in [0.05, 0.1) is 0 Å². The van der Waals surface area contributed by atoms with Crippen molar-refractivity contribution in [1.29, 1.82) is 0 Å². The fourth-order valence-electron chi connectivity index (χ4n) is 0.593. The van der Waals surface area contributed by atoms with Gasteiger partial charge in [-0.1, -0.05) is 0 Å². The van der Waals surface area contributed by atoms with Crippen molar-refractivity contribution in [1.82, 2.24) is 0 Å². The van der Waals surface area contributed by atoms with Gasteiger partial charge in [-0.05, 0) is 13.8 Å². The number of phenols is 1. The lowest BCUT2D eigenvalue weighted by molar-refractivity contribution is 0.216. The molecule has 7 heteroatoms. The van der Waals surface area contributed by atoms with E-state index in [1.54, 1.807) is 13.8 Å². The van der Waals surface area contributed by atoms with Crippen LogP contribution in [0.15, 0.2) is 0 Å². The molecule has 0 unspecified atom stereocenters. The van der Waals surface area contributed by atoms with Crippen molar-refractivity contribution in [3.8, 4) is 5.75 Å². The number of benzene rings is 1. The van der Waals surface area contributed by atoms with Crippen LogP contribution >= 0.6 is 0 Å². The SMILES string of the molecule is CC(C)O.Oc1c(F)c(F)c(F)c(F)c1F. The minimum Gasteiger partial charge on any atom is -0.503 e. The van der Waals surface area contributed by atoms with E-state index in [-0.39, 0.29) is 6.10 Å². The predicted octanol–water partition coefficient (Wildman–Crippen LogP) is 2.47. The largest absolute Gasteiger partial charge is 0.503 e. The van der Waals surface area contributed by atoms with Crippen LogP contribution in [-0.4, -0.2) is 16.3 Å². The molecular weight excluding hydrogens is 235 g/mol. The molecule has 0 radical (unpaired) electrons. The van der Waals surface area contributed by atoms with Gasteiger partial charge in [-0.15, -0.1) is 0 Å². The second-order valence-corrected chi connectivity index (χ2v) is 3.01. The Morgan fingerprint density at radius 1 is 0.750 bits per heavy atom. The van der Waals surface area contributed by atoms with Gasteiger partial charge in [-0.2, -0.15) is 8.78 Å². The fraction of sp³-hybridized carbons (Fsp3) is 0.333. The molecule has 0 bridgehead atoms. The molecule has 0 saturated heterocycles. The smallest absolute Gasteiger partial charge is 0.206 e. The second kappa shape index (κ2) is 5.64. The molecule has 1 aromatic carbocycles. The van der Waals surface area contributed by atoms with Crippen molar-refractivity contribution in [2.45, 2.75) is 20.0 Å². The maximum Gasteiger partial charge on any atom is 0.206 e. The molecular formula is C9H9F5O2. The Balaban J connectivity index is 0.000000487. The lowest BCUT2D eigenvalue weighted by atomic mass is 10.3. The molecule has 2 nitrogen and oxygen atoms in total. The van der Waals surface area contributed by atoms with E-state index in [2.05, 4.69) is 0 Å². The molecule has 0 heterocycles. The van der Waals surface area contributed by atoms with Gasteiger partial charge in [0.1, 0.15) is 0 Å². The van der Waals surface area contributed by atoms with Crippen LogP contribution in [0, 0.1) is 29.1 Å². The van der Waals surface area contributed by atoms with Crippen LogP contribution < -0.4 is 0 Å². The molecule has 0 fully saturated rings. The van der Waals surface area contributed by atoms with Gasteiger partial charge >= 0.3 is 0 Å². The molecule has 0 aliphatic rings. The van der Waals surface area contributed by atoms with E-state index in [0.29, 0.717) is 0 Å². The third kappa shape index (κ3) is 3.34. The molecule has 0 aliphatic carbocycles. The summed E-state index contributed by atoms with van der Waals surface area (Å²) in [6.45, 7) is 3.44. The molecule has 16 heavy (non-hydrogen) atoms. The number of halogens is 5. The maximum absolute atomic E-state index is 12.2. The first-order valence-electron chi connectivity index (χ1n) is 4.08. The quantitative estimate of drug-likeness (QED) is 0.418. The van der Waals surface area contributed by atoms with E-state index < -0.39 is 34.8 Å². The van der Waals surface area contributed by atoms with Gasteiger partial charge in [0.2, 0.25) is 29.1 Å². The monoisotopic (exact) mass is 244 g/mol. The molecule has 0 atom stereocenters. The molecule has 0 amide bonds. The van der Waals surface area contributed by atoms with Crippen LogP contribution in [0.25, 0.3) is 0 Å². The van der Waals surface area contributed by atoms with Gasteiger partial charge in [0, 0.05) is 6.10 Å².